The topological polar surface area (TPSA) is 56.7 Å². The van der Waals surface area contributed by atoms with Gasteiger partial charge >= 0.3 is 0 Å². The van der Waals surface area contributed by atoms with E-state index in [1.165, 1.54) is 27.2 Å². The van der Waals surface area contributed by atoms with Crippen LogP contribution in [0.4, 0.5) is 0 Å². The van der Waals surface area contributed by atoms with Crippen molar-refractivity contribution in [1.29, 1.82) is 0 Å². The van der Waals surface area contributed by atoms with Crippen LogP contribution in [0.2, 0.25) is 0 Å². The van der Waals surface area contributed by atoms with Crippen molar-refractivity contribution in [3.8, 4) is 51.0 Å². The van der Waals surface area contributed by atoms with Crippen molar-refractivity contribution in [1.82, 2.24) is 19.5 Å². The van der Waals surface area contributed by atoms with E-state index in [0.717, 1.165) is 62.6 Å². The molecule has 0 amide bonds. The lowest BCUT2D eigenvalue weighted by Crippen LogP contribution is -2.30. The molecule has 0 saturated carbocycles. The van der Waals surface area contributed by atoms with Crippen LogP contribution >= 0.6 is 0 Å². The van der Waals surface area contributed by atoms with Gasteiger partial charge in [-0.25, -0.2) is 15.0 Å². The average molecular weight is 643 g/mol. The Kier molecular flexibility index (Phi) is 6.56. The summed E-state index contributed by atoms with van der Waals surface area (Å²) in [6, 6.07) is 50.3. The Morgan fingerprint density at radius 2 is 1.10 bits per heavy atom. The summed E-state index contributed by atoms with van der Waals surface area (Å²) in [6.07, 6.45) is 6.87. The molecule has 0 saturated heterocycles. The highest BCUT2D eigenvalue weighted by atomic mass is 16.3. The summed E-state index contributed by atoms with van der Waals surface area (Å²) in [5.41, 5.74) is 9.10. The van der Waals surface area contributed by atoms with Crippen LogP contribution in [0, 0.1) is 0 Å². The Morgan fingerprint density at radius 3 is 1.82 bits per heavy atom. The maximum Gasteiger partial charge on any atom is 0.164 e. The van der Waals surface area contributed by atoms with Crippen molar-refractivity contribution < 1.29 is 4.42 Å². The van der Waals surface area contributed by atoms with Gasteiger partial charge in [-0.3, -0.25) is 0 Å². The number of benzene rings is 6. The van der Waals surface area contributed by atoms with Gasteiger partial charge in [0.2, 0.25) is 0 Å². The molecule has 0 unspecified atom stereocenters. The maximum absolute atomic E-state index is 6.45. The van der Waals surface area contributed by atoms with Crippen LogP contribution in [0.3, 0.4) is 0 Å². The molecule has 0 bridgehead atoms. The predicted octanol–water partition coefficient (Wildman–Crippen LogP) is 9.74. The molecule has 0 atom stereocenters. The summed E-state index contributed by atoms with van der Waals surface area (Å²) < 4.78 is 8.84. The number of furan rings is 1. The van der Waals surface area contributed by atoms with Crippen molar-refractivity contribution in [3.63, 3.8) is 0 Å². The number of fused-ring (bicyclic) bond motifs is 6. The van der Waals surface area contributed by atoms with Gasteiger partial charge in [-0.2, -0.15) is 0 Å². The highest BCUT2D eigenvalue weighted by molar-refractivity contribution is 6.13. The second kappa shape index (κ2) is 11.5. The largest absolute Gasteiger partial charge is 0.456 e. The van der Waals surface area contributed by atoms with Crippen molar-refractivity contribution in [3.05, 3.63) is 156 Å². The fourth-order valence-electron chi connectivity index (χ4n) is 7.35. The van der Waals surface area contributed by atoms with Crippen molar-refractivity contribution in [2.45, 2.75) is 12.8 Å². The Balaban J connectivity index is 1.16. The van der Waals surface area contributed by atoms with Gasteiger partial charge in [-0.05, 0) is 66.4 Å². The summed E-state index contributed by atoms with van der Waals surface area (Å²) >= 11 is 0. The molecule has 1 aliphatic carbocycles. The molecular weight excluding hydrogens is 613 g/mol. The van der Waals surface area contributed by atoms with E-state index < -0.39 is 0 Å². The molecule has 5 nitrogen and oxygen atoms in total. The van der Waals surface area contributed by atoms with E-state index in [4.69, 9.17) is 19.4 Å². The molecule has 1 aliphatic rings. The first kappa shape index (κ1) is 28.4. The zero-order chi connectivity index (χ0) is 33.0. The van der Waals surface area contributed by atoms with Crippen LogP contribution in [0.5, 0.6) is 0 Å². The molecule has 9 aromatic rings. The molecule has 0 spiro atoms. The summed E-state index contributed by atoms with van der Waals surface area (Å²) in [5.74, 6) is 1.87. The third-order valence-corrected chi connectivity index (χ3v) is 9.68. The molecule has 0 aliphatic heterocycles. The van der Waals surface area contributed by atoms with Gasteiger partial charge in [-0.1, -0.05) is 115 Å². The third kappa shape index (κ3) is 4.66. The number of hydrogen-bond donors (Lipinski definition) is 0. The monoisotopic (exact) mass is 642 g/mol. The molecule has 5 heteroatoms. The first-order valence-electron chi connectivity index (χ1n) is 17.0. The van der Waals surface area contributed by atoms with Gasteiger partial charge in [0.05, 0.1) is 5.52 Å². The van der Waals surface area contributed by atoms with Crippen LogP contribution in [-0.2, 0) is 0 Å². The van der Waals surface area contributed by atoms with E-state index in [1.807, 2.05) is 72.8 Å². The highest BCUT2D eigenvalue weighted by Crippen LogP contribution is 2.38. The van der Waals surface area contributed by atoms with Gasteiger partial charge < -0.3 is 8.98 Å². The molecule has 10 rings (SSSR count). The van der Waals surface area contributed by atoms with Crippen LogP contribution < -0.4 is 10.6 Å². The summed E-state index contributed by atoms with van der Waals surface area (Å²) in [4.78, 5) is 15.0. The summed E-state index contributed by atoms with van der Waals surface area (Å²) in [5, 5.41) is 5.87. The van der Waals surface area contributed by atoms with Gasteiger partial charge in [-0.15, -0.1) is 0 Å². The molecule has 6 aromatic carbocycles. The van der Waals surface area contributed by atoms with Gasteiger partial charge in [0, 0.05) is 49.1 Å². The minimum absolute atomic E-state index is 0.610. The molecule has 0 radical (unpaired) electrons. The average Bonchev–Trinajstić information content (AvgIpc) is 3.74. The van der Waals surface area contributed by atoms with E-state index in [9.17, 15) is 0 Å². The van der Waals surface area contributed by atoms with E-state index in [1.54, 1.807) is 0 Å². The molecule has 236 valence electrons. The third-order valence-electron chi connectivity index (χ3n) is 9.68. The number of hydrogen-bond acceptors (Lipinski definition) is 4. The van der Waals surface area contributed by atoms with Crippen LogP contribution in [0.25, 0.3) is 96.0 Å². The van der Waals surface area contributed by atoms with Crippen LogP contribution in [0.15, 0.2) is 150 Å². The smallest absolute Gasteiger partial charge is 0.164 e. The first-order valence-corrected chi connectivity index (χ1v) is 17.0. The fraction of sp³-hybridized carbons (Fsp3) is 0.0444. The van der Waals surface area contributed by atoms with Crippen molar-refractivity contribution >= 4 is 45.0 Å². The number of rotatable bonds is 5. The quantitative estimate of drug-likeness (QED) is 0.188. The van der Waals surface area contributed by atoms with E-state index >= 15 is 0 Å². The summed E-state index contributed by atoms with van der Waals surface area (Å²) in [7, 11) is 0. The molecular formula is C45H30N4O. The minimum Gasteiger partial charge on any atom is -0.456 e. The second-order valence-electron chi connectivity index (χ2n) is 12.7. The predicted molar refractivity (Wildman–Crippen MR) is 203 cm³/mol. The van der Waals surface area contributed by atoms with Crippen LogP contribution in [-0.4, -0.2) is 19.5 Å². The highest BCUT2D eigenvalue weighted by Gasteiger charge is 2.19. The Labute approximate surface area is 288 Å². The summed E-state index contributed by atoms with van der Waals surface area (Å²) in [6.45, 7) is 0. The normalized spacial score (nSPS) is 12.6. The molecule has 3 heterocycles. The lowest BCUT2D eigenvalue weighted by Gasteiger charge is -2.09. The Morgan fingerprint density at radius 1 is 0.480 bits per heavy atom. The van der Waals surface area contributed by atoms with E-state index in [-0.39, 0.29) is 0 Å². The zero-order valence-corrected chi connectivity index (χ0v) is 27.1. The minimum atomic E-state index is 0.610. The lowest BCUT2D eigenvalue weighted by molar-refractivity contribution is 0.669. The van der Waals surface area contributed by atoms with Crippen molar-refractivity contribution in [2.75, 3.05) is 0 Å². The van der Waals surface area contributed by atoms with E-state index in [0.29, 0.717) is 17.5 Å². The lowest BCUT2D eigenvalue weighted by atomic mass is 9.99. The Hall–Kier alpha value is -6.59. The maximum atomic E-state index is 6.45. The number of aromatic nitrogens is 4. The zero-order valence-electron chi connectivity index (χ0n) is 27.1. The number of nitrogens with zero attached hydrogens (tertiary/aromatic N) is 4. The van der Waals surface area contributed by atoms with Crippen molar-refractivity contribution in [2.24, 2.45) is 0 Å². The first-order chi connectivity index (χ1) is 24.8. The fourth-order valence-corrected chi connectivity index (χ4v) is 7.35. The SMILES string of the molecule is C1=c2c(n(-c3ccccc3)c3ccc(-c4ccc5oc6cccc(-c7nc(-c8ccccc8)nc(-c8ccccc8)n7)c6c5c4)cc23)=CCC1. The van der Waals surface area contributed by atoms with E-state index in [2.05, 4.69) is 89.5 Å². The molecule has 50 heavy (non-hydrogen) atoms. The van der Waals surface area contributed by atoms with Gasteiger partial charge in [0.1, 0.15) is 11.2 Å². The molecule has 0 N–H and O–H groups in total. The van der Waals surface area contributed by atoms with Crippen LogP contribution in [0.1, 0.15) is 12.8 Å². The molecule has 0 fully saturated rings. The Bertz CT molecular complexity index is 2800. The molecule has 3 aromatic heterocycles. The standard InChI is InChI=1S/C45H30N4O/c1-4-13-29(14-5-1)43-46-44(30-15-6-2-7-16-30)48-45(47-43)35-20-12-22-41-42(35)37-28-32(24-26-40(37)50-41)31-23-25-39-36(27-31)34-19-10-11-21-38(34)49(39)33-17-8-3-9-18-33/h1-9,12-28H,10-11H2. The van der Waals surface area contributed by atoms with Gasteiger partial charge in [0.25, 0.3) is 0 Å². The van der Waals surface area contributed by atoms with Gasteiger partial charge in [0.15, 0.2) is 17.5 Å². The second-order valence-corrected chi connectivity index (χ2v) is 12.7. The number of para-hydroxylation sites is 1.